The minimum Gasteiger partial charge on any atom is -0.489 e. The summed E-state index contributed by atoms with van der Waals surface area (Å²) in [5, 5.41) is 23.1. The Hall–Kier alpha value is -11.6. The molecule has 27 heteroatoms. The molecule has 0 aliphatic rings. The predicted octanol–water partition coefficient (Wildman–Crippen LogP) is 17.7. The van der Waals surface area contributed by atoms with Crippen LogP contribution in [-0.2, 0) is 46.1 Å². The number of hydrogen-bond donors (Lipinski definition) is 4. The highest BCUT2D eigenvalue weighted by atomic mass is 35.5. The number of ether oxygens (including phenoxy) is 4. The highest BCUT2D eigenvalue weighted by molar-refractivity contribution is 7.91. The number of hydrogen-bond acceptors (Lipinski definition) is 20. The quantitative estimate of drug-likeness (QED) is 0.0313. The van der Waals surface area contributed by atoms with E-state index in [9.17, 15) is 26.9 Å². The lowest BCUT2D eigenvalue weighted by molar-refractivity contribution is 0.306. The number of nitrogen functional groups attached to an aromatic ring is 1. The molecule has 14 rings (SSSR count). The Kier molecular flexibility index (Phi) is 33.1. The number of para-hydroxylation sites is 4. The van der Waals surface area contributed by atoms with Gasteiger partial charge in [-0.1, -0.05) is 242 Å². The first-order chi connectivity index (χ1) is 52.7. The maximum atomic E-state index is 11.8. The first-order valence-electron chi connectivity index (χ1n) is 33.1. The van der Waals surface area contributed by atoms with Gasteiger partial charge in [-0.05, 0) is 101 Å². The smallest absolute Gasteiger partial charge is 0.489 e. The fraction of sp³-hybridized carbons (Fsp3) is 0.0843. The lowest BCUT2D eigenvalue weighted by Crippen LogP contribution is -2.31. The van der Waals surface area contributed by atoms with Gasteiger partial charge in [-0.15, -0.1) is 0 Å². The molecule has 0 saturated carbocycles. The van der Waals surface area contributed by atoms with Gasteiger partial charge in [0.15, 0.2) is 19.7 Å². The largest absolute Gasteiger partial charge is 0.492 e. The van der Waals surface area contributed by atoms with E-state index >= 15 is 0 Å². The van der Waals surface area contributed by atoms with Gasteiger partial charge in [-0.2, -0.15) is 0 Å². The molecule has 0 saturated heterocycles. The predicted molar refractivity (Wildman–Crippen MR) is 437 cm³/mol. The Morgan fingerprint density at radius 3 is 1.03 bits per heavy atom. The first kappa shape index (κ1) is 84.0. The minimum absolute atomic E-state index is 0. The molecule has 4 aromatic heterocycles. The van der Waals surface area contributed by atoms with Gasteiger partial charge >= 0.3 is 7.12 Å². The van der Waals surface area contributed by atoms with Gasteiger partial charge in [0.1, 0.15) is 101 Å². The zero-order chi connectivity index (χ0) is 77.2. The number of sulfone groups is 2. The van der Waals surface area contributed by atoms with Gasteiger partial charge in [0.25, 0.3) is 0 Å². The molecule has 0 atom stereocenters. The molecule has 0 aliphatic heterocycles. The van der Waals surface area contributed by atoms with Crippen LogP contribution < -0.4 is 35.5 Å². The maximum Gasteiger partial charge on any atom is 0.492 e. The molecule has 0 aliphatic carbocycles. The summed E-state index contributed by atoms with van der Waals surface area (Å²) in [6, 6.07) is 89.4. The fourth-order valence-electron chi connectivity index (χ4n) is 9.72. The zero-order valence-electron chi connectivity index (χ0n) is 58.6. The van der Waals surface area contributed by atoms with Crippen LogP contribution in [0.3, 0.4) is 0 Å². The zero-order valence-corrected chi connectivity index (χ0v) is 63.2. The average Bonchev–Trinajstić information content (AvgIpc) is 0.834. The first-order valence-corrected chi connectivity index (χ1v) is 38.4. The minimum atomic E-state index is -3.29. The van der Waals surface area contributed by atoms with Crippen molar-refractivity contribution >= 4 is 95.9 Å². The summed E-state index contributed by atoms with van der Waals surface area (Å²) in [5.74, 6) is 3.31. The van der Waals surface area contributed by atoms with E-state index in [0.717, 1.165) is 73.8 Å². The van der Waals surface area contributed by atoms with E-state index in [-0.39, 0.29) is 17.2 Å². The van der Waals surface area contributed by atoms with E-state index in [4.69, 9.17) is 71.1 Å². The Bertz CT molecular complexity index is 5280. The second-order valence-corrected chi connectivity index (χ2v) is 28.8. The Balaban J connectivity index is 0.000000173. The van der Waals surface area contributed by atoms with Gasteiger partial charge < -0.3 is 40.0 Å². The molecule has 0 spiro atoms. The van der Waals surface area contributed by atoms with Crippen LogP contribution in [0.2, 0.25) is 20.6 Å². The van der Waals surface area contributed by atoms with Gasteiger partial charge in [0, 0.05) is 70.3 Å². The monoisotopic (exact) mass is 1590 g/mol. The highest BCUT2D eigenvalue weighted by Gasteiger charge is 2.17. The van der Waals surface area contributed by atoms with Crippen LogP contribution in [0.5, 0.6) is 23.0 Å². The van der Waals surface area contributed by atoms with E-state index in [0.29, 0.717) is 81.1 Å². The summed E-state index contributed by atoms with van der Waals surface area (Å²) in [4.78, 5) is 32.7. The van der Waals surface area contributed by atoms with Crippen molar-refractivity contribution in [3.63, 3.8) is 0 Å². The molecule has 10 aromatic carbocycles. The van der Waals surface area contributed by atoms with Gasteiger partial charge in [-0.3, -0.25) is 0 Å². The van der Waals surface area contributed by atoms with Crippen molar-refractivity contribution in [1.29, 1.82) is 0 Å². The second-order valence-electron chi connectivity index (χ2n) is 23.2. The fourth-order valence-corrected chi connectivity index (χ4v) is 11.7. The molecule has 0 amide bonds. The number of nitrogens with zero attached hydrogens (tertiary/aromatic N) is 8. The summed E-state index contributed by atoms with van der Waals surface area (Å²) in [6.45, 7) is 1.88. The molecule has 0 unspecified atom stereocenters. The number of anilines is 3. The van der Waals surface area contributed by atoms with Crippen LogP contribution >= 0.6 is 46.4 Å². The molecule has 4 heterocycles. The number of aromatic nitrogens is 8. The van der Waals surface area contributed by atoms with Crippen molar-refractivity contribution < 1.29 is 45.8 Å². The lowest BCUT2D eigenvalue weighted by Gasteiger charge is -2.12. The molecule has 5 N–H and O–H groups in total. The molecule has 110 heavy (non-hydrogen) atoms. The topological polar surface area (TPSA) is 287 Å². The van der Waals surface area contributed by atoms with Crippen molar-refractivity contribution in [3.05, 3.63) is 359 Å². The van der Waals surface area contributed by atoms with Gasteiger partial charge in [0.2, 0.25) is 0 Å². The highest BCUT2D eigenvalue weighted by Crippen LogP contribution is 2.33. The maximum absolute atomic E-state index is 11.8. The third-order valence-electron chi connectivity index (χ3n) is 15.0. The van der Waals surface area contributed by atoms with Gasteiger partial charge in [-0.25, -0.2) is 56.7 Å². The Morgan fingerprint density at radius 2 is 0.673 bits per heavy atom. The third-order valence-corrected chi connectivity index (χ3v) is 18.0. The molecular weight excluding hydrogens is 1510 g/mol. The Morgan fingerprint density at radius 1 is 0.355 bits per heavy atom. The SMILES string of the molecule is C.CS(=O)(=O)c1cccc(N)c1.CS(=O)(=O)c1cccc(Nc2cc(-c3ccccc3OCc3ccccc3)ncn2)c1.Clc1cc(-c2ccccc2OCc2ccccc2)ncn1.Clc1cc(-c2ccccc2OCc2ccccc2)ncn1.Clc1cc(Cl)ncn1.OB(O)c1ccccc1OCc1ccccc1. The normalized spacial score (nSPS) is 10.4. The van der Waals surface area contributed by atoms with Crippen LogP contribution in [0.15, 0.2) is 326 Å². The average molecular weight is 1590 g/mol. The van der Waals surface area contributed by atoms with Crippen LogP contribution in [0.4, 0.5) is 17.2 Å². The van der Waals surface area contributed by atoms with Gasteiger partial charge in [0.05, 0.1) is 26.9 Å². The van der Waals surface area contributed by atoms with Crippen LogP contribution in [0, 0.1) is 0 Å². The molecule has 14 aromatic rings. The second kappa shape index (κ2) is 43.4. The van der Waals surface area contributed by atoms with Crippen LogP contribution in [-0.4, -0.2) is 86.4 Å². The van der Waals surface area contributed by atoms with Crippen LogP contribution in [0.25, 0.3) is 33.8 Å². The summed E-state index contributed by atoms with van der Waals surface area (Å²) in [5.41, 5.74) is 16.0. The van der Waals surface area contributed by atoms with Crippen molar-refractivity contribution in [2.75, 3.05) is 23.6 Å². The van der Waals surface area contributed by atoms with Crippen molar-refractivity contribution in [2.24, 2.45) is 0 Å². The van der Waals surface area contributed by atoms with E-state index in [1.54, 1.807) is 78.9 Å². The van der Waals surface area contributed by atoms with E-state index < -0.39 is 26.8 Å². The number of benzene rings is 10. The molecule has 20 nitrogen and oxygen atoms in total. The van der Waals surface area contributed by atoms with Crippen molar-refractivity contribution in [3.8, 4) is 56.8 Å². The standard InChI is InChI=1S/C24H21N3O3S.2C17H13ClN2O.C13H13BO3.C7H9NO2S.C4H2Cl2N2.CH4/c1-31(28,29)20-11-7-10-19(14-20)27-24-15-22(25-17-26-24)21-12-5-6-13-23(21)30-16-18-8-3-2-4-9-18;2*18-17-10-15(19-12-20-17)14-8-4-5-9-16(14)21-11-13-6-2-1-3-7-13;15-14(16)12-8-4-5-9-13(12)17-10-11-6-2-1-3-7-11;1-11(9,10)7-4-2-3-6(8)5-7;5-3-1-4(6)8-2-7-3;/h2-15,17H,16H2,1H3,(H,25,26,27);2*1-10,12H,11H2;1-9,15-16H,10H2;2-5H,8H2,1H3;1-2H;1H4. The molecule has 0 bridgehead atoms. The summed E-state index contributed by atoms with van der Waals surface area (Å²) < 4.78 is 68.9. The summed E-state index contributed by atoms with van der Waals surface area (Å²) in [6.07, 6.45) is 8.01. The number of nitrogens with two attached hydrogens (primary N) is 1. The lowest BCUT2D eigenvalue weighted by atomic mass is 9.79. The van der Waals surface area contributed by atoms with Crippen LogP contribution in [0.1, 0.15) is 29.7 Å². The molecule has 560 valence electrons. The molecule has 0 radical (unpaired) electrons. The summed E-state index contributed by atoms with van der Waals surface area (Å²) >= 11 is 22.7. The number of rotatable bonds is 20. The summed E-state index contributed by atoms with van der Waals surface area (Å²) in [7, 11) is -7.91. The molecular formula is C83H75BCl4N10O10S2. The Labute approximate surface area is 660 Å². The third kappa shape index (κ3) is 28.2. The van der Waals surface area contributed by atoms with E-state index in [1.807, 2.05) is 194 Å². The number of nitrogens with one attached hydrogen (secondary N) is 1. The van der Waals surface area contributed by atoms with E-state index in [2.05, 4.69) is 45.2 Å². The molecule has 0 fully saturated rings. The van der Waals surface area contributed by atoms with Crippen molar-refractivity contribution in [1.82, 2.24) is 39.9 Å². The number of halogens is 4. The van der Waals surface area contributed by atoms with E-state index in [1.165, 1.54) is 49.8 Å². The van der Waals surface area contributed by atoms with Crippen molar-refractivity contribution in [2.45, 2.75) is 43.6 Å².